The molecule has 1 aliphatic rings. The van der Waals surface area contributed by atoms with Crippen molar-refractivity contribution < 1.29 is 0 Å². The van der Waals surface area contributed by atoms with Gasteiger partial charge in [-0.2, -0.15) is 0 Å². The van der Waals surface area contributed by atoms with Crippen LogP contribution < -0.4 is 11.1 Å². The minimum absolute atomic E-state index is 0.405. The number of piperidine rings is 1. The highest BCUT2D eigenvalue weighted by molar-refractivity contribution is 7.80. The van der Waals surface area contributed by atoms with E-state index in [0.717, 1.165) is 17.8 Å². The number of rotatable bonds is 4. The molecule has 1 aliphatic heterocycles. The van der Waals surface area contributed by atoms with Gasteiger partial charge in [0.25, 0.3) is 0 Å². The Morgan fingerprint density at radius 1 is 1.47 bits per heavy atom. The molecule has 5 heteroatoms. The maximum atomic E-state index is 6.03. The molecule has 1 aromatic rings. The molecule has 0 saturated carbocycles. The molecule has 19 heavy (non-hydrogen) atoms. The highest BCUT2D eigenvalue weighted by Gasteiger charge is 2.17. The number of anilines is 1. The Hall–Kier alpha value is -0.840. The first kappa shape index (κ1) is 14.6. The van der Waals surface area contributed by atoms with Crippen molar-refractivity contribution >= 4 is 34.5 Å². The molecule has 0 radical (unpaired) electrons. The summed E-state index contributed by atoms with van der Waals surface area (Å²) in [7, 11) is 2.17. The highest BCUT2D eigenvalue weighted by Crippen LogP contribution is 2.23. The van der Waals surface area contributed by atoms with Gasteiger partial charge in [0.1, 0.15) is 4.99 Å². The summed E-state index contributed by atoms with van der Waals surface area (Å²) in [5.74, 6) is 0.703. The number of benzene rings is 1. The van der Waals surface area contributed by atoms with Crippen molar-refractivity contribution in [1.29, 1.82) is 0 Å². The van der Waals surface area contributed by atoms with E-state index in [1.54, 1.807) is 0 Å². The van der Waals surface area contributed by atoms with Crippen LogP contribution in [0.2, 0.25) is 5.02 Å². The van der Waals surface area contributed by atoms with Crippen molar-refractivity contribution in [1.82, 2.24) is 4.90 Å². The fourth-order valence-electron chi connectivity index (χ4n) is 2.40. The molecule has 0 aliphatic carbocycles. The molecule has 3 nitrogen and oxygen atoms in total. The lowest BCUT2D eigenvalue weighted by Crippen LogP contribution is -2.33. The van der Waals surface area contributed by atoms with E-state index in [1.165, 1.54) is 25.9 Å². The summed E-state index contributed by atoms with van der Waals surface area (Å²) in [6.07, 6.45) is 2.46. The second-order valence-electron chi connectivity index (χ2n) is 5.18. The van der Waals surface area contributed by atoms with Gasteiger partial charge in [-0.05, 0) is 57.1 Å². The fraction of sp³-hybridized carbons (Fsp3) is 0.500. The Labute approximate surface area is 125 Å². The standard InChI is InChI=1S/C14H20ClN3S/c1-18-6-4-10(5-7-18)9-17-13-8-11(15)2-3-12(13)14(16)19/h2-3,8,10,17H,4-7,9H2,1H3,(H2,16,19). The van der Waals surface area contributed by atoms with E-state index in [4.69, 9.17) is 29.6 Å². The molecule has 0 spiro atoms. The summed E-state index contributed by atoms with van der Waals surface area (Å²) in [4.78, 5) is 2.78. The zero-order chi connectivity index (χ0) is 13.8. The maximum Gasteiger partial charge on any atom is 0.106 e. The molecule has 1 fully saturated rings. The van der Waals surface area contributed by atoms with Gasteiger partial charge in [0, 0.05) is 22.8 Å². The van der Waals surface area contributed by atoms with E-state index < -0.39 is 0 Å². The second-order valence-corrected chi connectivity index (χ2v) is 6.06. The summed E-state index contributed by atoms with van der Waals surface area (Å²) >= 11 is 11.1. The molecule has 0 aromatic heterocycles. The summed E-state index contributed by atoms with van der Waals surface area (Å²) in [6.45, 7) is 3.29. The SMILES string of the molecule is CN1CCC(CNc2cc(Cl)ccc2C(N)=S)CC1. The zero-order valence-electron chi connectivity index (χ0n) is 11.2. The lowest BCUT2D eigenvalue weighted by atomic mass is 9.97. The van der Waals surface area contributed by atoms with Gasteiger partial charge in [-0.15, -0.1) is 0 Å². The maximum absolute atomic E-state index is 6.03. The Morgan fingerprint density at radius 3 is 2.79 bits per heavy atom. The number of hydrogen-bond donors (Lipinski definition) is 2. The Bertz CT molecular complexity index is 456. The second kappa shape index (κ2) is 6.55. The number of nitrogens with zero attached hydrogens (tertiary/aromatic N) is 1. The van der Waals surface area contributed by atoms with E-state index in [-0.39, 0.29) is 0 Å². The first-order valence-electron chi connectivity index (χ1n) is 6.58. The molecule has 1 aromatic carbocycles. The molecule has 1 heterocycles. The molecule has 1 saturated heterocycles. The van der Waals surface area contributed by atoms with Gasteiger partial charge < -0.3 is 16.0 Å². The van der Waals surface area contributed by atoms with Crippen molar-refractivity contribution in [3.05, 3.63) is 28.8 Å². The normalized spacial score (nSPS) is 17.4. The number of halogens is 1. The third-order valence-corrected chi connectivity index (χ3v) is 4.12. The van der Waals surface area contributed by atoms with Crippen LogP contribution in [0.3, 0.4) is 0 Å². The first-order chi connectivity index (χ1) is 9.06. The lowest BCUT2D eigenvalue weighted by Gasteiger charge is -2.29. The van der Waals surface area contributed by atoms with Crippen LogP contribution in [0.25, 0.3) is 0 Å². The van der Waals surface area contributed by atoms with Crippen molar-refractivity contribution in [2.45, 2.75) is 12.8 Å². The number of likely N-dealkylation sites (tertiary alicyclic amines) is 1. The average molecular weight is 298 g/mol. The summed E-state index contributed by atoms with van der Waals surface area (Å²) in [5.41, 5.74) is 7.54. The molecular weight excluding hydrogens is 278 g/mol. The molecule has 3 N–H and O–H groups in total. The first-order valence-corrected chi connectivity index (χ1v) is 7.36. The lowest BCUT2D eigenvalue weighted by molar-refractivity contribution is 0.226. The van der Waals surface area contributed by atoms with Crippen molar-refractivity contribution in [2.24, 2.45) is 11.7 Å². The predicted octanol–water partition coefficient (Wildman–Crippen LogP) is 2.73. The largest absolute Gasteiger partial charge is 0.389 e. The zero-order valence-corrected chi connectivity index (χ0v) is 12.7. The fourth-order valence-corrected chi connectivity index (χ4v) is 2.75. The van der Waals surface area contributed by atoms with Gasteiger partial charge >= 0.3 is 0 Å². The molecule has 0 unspecified atom stereocenters. The van der Waals surface area contributed by atoms with Gasteiger partial charge in [-0.1, -0.05) is 23.8 Å². The summed E-state index contributed by atoms with van der Waals surface area (Å²) in [5, 5.41) is 4.15. The number of nitrogens with two attached hydrogens (primary N) is 1. The van der Waals surface area contributed by atoms with Gasteiger partial charge in [0.05, 0.1) is 0 Å². The highest BCUT2D eigenvalue weighted by atomic mass is 35.5. The van der Waals surface area contributed by atoms with Gasteiger partial charge in [0.15, 0.2) is 0 Å². The Morgan fingerprint density at radius 2 is 2.16 bits per heavy atom. The number of thiocarbonyl (C=S) groups is 1. The Kier molecular flexibility index (Phi) is 5.02. The van der Waals surface area contributed by atoms with Crippen LogP contribution in [0.4, 0.5) is 5.69 Å². The quantitative estimate of drug-likeness (QED) is 0.839. The van der Waals surface area contributed by atoms with E-state index in [2.05, 4.69) is 17.3 Å². The van der Waals surface area contributed by atoms with E-state index >= 15 is 0 Å². The van der Waals surface area contributed by atoms with E-state index in [0.29, 0.717) is 15.9 Å². The predicted molar refractivity (Wildman–Crippen MR) is 86.1 cm³/mol. The van der Waals surface area contributed by atoms with Gasteiger partial charge in [-0.3, -0.25) is 0 Å². The van der Waals surface area contributed by atoms with Crippen LogP contribution in [0, 0.1) is 5.92 Å². The summed E-state index contributed by atoms with van der Waals surface area (Å²) < 4.78 is 0. The van der Waals surface area contributed by atoms with E-state index in [9.17, 15) is 0 Å². The Balaban J connectivity index is 1.98. The van der Waals surface area contributed by atoms with Crippen LogP contribution >= 0.6 is 23.8 Å². The third-order valence-electron chi connectivity index (χ3n) is 3.67. The monoisotopic (exact) mass is 297 g/mol. The smallest absolute Gasteiger partial charge is 0.106 e. The third kappa shape index (κ3) is 4.06. The molecular formula is C14H20ClN3S. The van der Waals surface area contributed by atoms with Gasteiger partial charge in [0.2, 0.25) is 0 Å². The van der Waals surface area contributed by atoms with Crippen LogP contribution in [0.15, 0.2) is 18.2 Å². The van der Waals surface area contributed by atoms with Crippen molar-refractivity contribution in [3.8, 4) is 0 Å². The minimum atomic E-state index is 0.405. The molecule has 0 bridgehead atoms. The summed E-state index contributed by atoms with van der Waals surface area (Å²) in [6, 6.07) is 5.59. The minimum Gasteiger partial charge on any atom is -0.389 e. The molecule has 104 valence electrons. The van der Waals surface area contributed by atoms with E-state index in [1.807, 2.05) is 18.2 Å². The van der Waals surface area contributed by atoms with Crippen molar-refractivity contribution in [2.75, 3.05) is 32.0 Å². The number of hydrogen-bond acceptors (Lipinski definition) is 3. The van der Waals surface area contributed by atoms with Crippen LogP contribution in [-0.2, 0) is 0 Å². The average Bonchev–Trinajstić information content (AvgIpc) is 2.38. The number of nitrogens with one attached hydrogen (secondary N) is 1. The molecule has 0 atom stereocenters. The molecule has 0 amide bonds. The topological polar surface area (TPSA) is 41.3 Å². The van der Waals surface area contributed by atoms with Gasteiger partial charge in [-0.25, -0.2) is 0 Å². The van der Waals surface area contributed by atoms with Crippen molar-refractivity contribution in [3.63, 3.8) is 0 Å². The van der Waals surface area contributed by atoms with Crippen LogP contribution in [0.1, 0.15) is 18.4 Å². The van der Waals surface area contributed by atoms with Crippen LogP contribution in [0.5, 0.6) is 0 Å². The molecule has 2 rings (SSSR count). The van der Waals surface area contributed by atoms with Crippen LogP contribution in [-0.4, -0.2) is 36.6 Å².